The summed E-state index contributed by atoms with van der Waals surface area (Å²) < 4.78 is 20.3. The average molecular weight is 510 g/mol. The Bertz CT molecular complexity index is 775. The molecular weight excluding hydrogens is 465 g/mol. The molecule has 2 aliphatic rings. The van der Waals surface area contributed by atoms with E-state index >= 15 is 4.39 Å². The van der Waals surface area contributed by atoms with Gasteiger partial charge in [-0.05, 0) is 68.5 Å². The zero-order valence-electron chi connectivity index (χ0n) is 21.7. The van der Waals surface area contributed by atoms with Gasteiger partial charge in [-0.25, -0.2) is 9.18 Å². The Kier molecular flexibility index (Phi) is 12.1. The monoisotopic (exact) mass is 509 g/mol. The number of amides is 2. The summed E-state index contributed by atoms with van der Waals surface area (Å²) >= 11 is 6.15. The summed E-state index contributed by atoms with van der Waals surface area (Å²) in [6.07, 6.45) is 12.3. The molecule has 1 aliphatic carbocycles. The van der Waals surface area contributed by atoms with Crippen LogP contribution >= 0.6 is 11.6 Å². The maximum absolute atomic E-state index is 15.1. The number of likely N-dealkylation sites (N-methyl/N-ethyl adjacent to an activating group) is 1. The zero-order chi connectivity index (χ0) is 25.0. The van der Waals surface area contributed by atoms with Crippen molar-refractivity contribution in [2.75, 3.05) is 40.4 Å². The first-order valence-corrected chi connectivity index (χ1v) is 14.0. The van der Waals surface area contributed by atoms with Crippen LogP contribution in [0.2, 0.25) is 5.02 Å². The van der Waals surface area contributed by atoms with Crippen LogP contribution in [-0.4, -0.2) is 57.4 Å². The smallest absolute Gasteiger partial charge is 0.317 e. The van der Waals surface area contributed by atoms with Gasteiger partial charge in [0.25, 0.3) is 0 Å². The molecule has 0 radical (unpaired) electrons. The summed E-state index contributed by atoms with van der Waals surface area (Å²) in [5.74, 6) is 0.649. The van der Waals surface area contributed by atoms with Gasteiger partial charge in [0.05, 0.1) is 5.02 Å². The highest BCUT2D eigenvalue weighted by atomic mass is 35.5. The van der Waals surface area contributed by atoms with E-state index in [0.717, 1.165) is 51.6 Å². The molecule has 7 heteroatoms. The lowest BCUT2D eigenvalue weighted by molar-refractivity contribution is 0.146. The Labute approximate surface area is 216 Å². The van der Waals surface area contributed by atoms with Crippen LogP contribution in [0.1, 0.15) is 82.1 Å². The van der Waals surface area contributed by atoms with E-state index in [1.165, 1.54) is 32.1 Å². The maximum atomic E-state index is 15.1. The molecule has 1 aromatic rings. The molecule has 1 aromatic carbocycles. The van der Waals surface area contributed by atoms with Crippen molar-refractivity contribution in [3.05, 3.63) is 34.6 Å². The Morgan fingerprint density at radius 1 is 1.20 bits per heavy atom. The number of nitrogens with zero attached hydrogens (tertiary/aromatic N) is 1. The molecule has 198 valence electrons. The number of nitrogens with one attached hydrogen (secondary N) is 2. The summed E-state index contributed by atoms with van der Waals surface area (Å²) in [4.78, 5) is 15.3. The van der Waals surface area contributed by atoms with E-state index in [9.17, 15) is 4.79 Å². The average Bonchev–Trinajstić information content (AvgIpc) is 2.87. The lowest BCUT2D eigenvalue weighted by Gasteiger charge is -2.38. The number of carbonyl (C=O) groups is 1. The quantitative estimate of drug-likeness (QED) is 0.322. The molecule has 1 heterocycles. The Morgan fingerprint density at radius 3 is 2.74 bits per heavy atom. The molecule has 3 rings (SSSR count). The number of piperidine rings is 1. The molecule has 0 spiro atoms. The molecule has 0 unspecified atom stereocenters. The number of benzene rings is 1. The third-order valence-corrected chi connectivity index (χ3v) is 8.22. The summed E-state index contributed by atoms with van der Waals surface area (Å²) in [7, 11) is 3.66. The summed E-state index contributed by atoms with van der Waals surface area (Å²) in [6, 6.07) is 5.48. The van der Waals surface area contributed by atoms with E-state index in [2.05, 4.69) is 10.6 Å². The van der Waals surface area contributed by atoms with E-state index < -0.39 is 0 Å². The first-order valence-electron chi connectivity index (χ1n) is 13.7. The molecule has 35 heavy (non-hydrogen) atoms. The lowest BCUT2D eigenvalue weighted by Crippen LogP contribution is -2.51. The van der Waals surface area contributed by atoms with Crippen LogP contribution in [-0.2, 0) is 4.74 Å². The van der Waals surface area contributed by atoms with Crippen LogP contribution in [0, 0.1) is 17.7 Å². The number of rotatable bonds is 12. The predicted molar refractivity (Wildman–Crippen MR) is 142 cm³/mol. The van der Waals surface area contributed by atoms with E-state index in [1.54, 1.807) is 13.2 Å². The number of hydrogen-bond donors (Lipinski definition) is 2. The van der Waals surface area contributed by atoms with Crippen LogP contribution in [0.5, 0.6) is 0 Å². The number of halogens is 2. The van der Waals surface area contributed by atoms with Crippen molar-refractivity contribution in [3.8, 4) is 0 Å². The van der Waals surface area contributed by atoms with E-state index in [-0.39, 0.29) is 34.7 Å². The van der Waals surface area contributed by atoms with Gasteiger partial charge in [0, 0.05) is 39.4 Å². The predicted octanol–water partition coefficient (Wildman–Crippen LogP) is 6.36. The number of methoxy groups -OCH3 is 1. The van der Waals surface area contributed by atoms with Gasteiger partial charge in [-0.15, -0.1) is 0 Å². The minimum absolute atomic E-state index is 0.0236. The van der Waals surface area contributed by atoms with Crippen LogP contribution in [0.15, 0.2) is 18.2 Å². The fraction of sp³-hybridized carbons (Fsp3) is 0.750. The van der Waals surface area contributed by atoms with Gasteiger partial charge >= 0.3 is 6.03 Å². The molecule has 5 nitrogen and oxygen atoms in total. The molecule has 1 saturated carbocycles. The summed E-state index contributed by atoms with van der Waals surface area (Å²) in [5, 5.41) is 6.76. The Balaban J connectivity index is 1.66. The van der Waals surface area contributed by atoms with Crippen molar-refractivity contribution >= 4 is 17.6 Å². The van der Waals surface area contributed by atoms with Gasteiger partial charge in [-0.2, -0.15) is 0 Å². The van der Waals surface area contributed by atoms with Gasteiger partial charge < -0.3 is 20.3 Å². The molecular formula is C28H45ClFN3O2. The molecule has 2 amide bonds. The molecule has 1 aliphatic heterocycles. The molecule has 2 N–H and O–H groups in total. The van der Waals surface area contributed by atoms with Crippen molar-refractivity contribution in [1.82, 2.24) is 15.5 Å². The lowest BCUT2D eigenvalue weighted by atomic mass is 9.78. The van der Waals surface area contributed by atoms with Crippen LogP contribution in [0.4, 0.5) is 9.18 Å². The largest absolute Gasteiger partial charge is 0.385 e. The SMILES string of the molecule is CNC[C@H](CC1CCCCC1)NC(=O)N1CCC[C@@H]([C@H](CCCCOC)c2cccc(Cl)c2F)C1. The normalized spacial score (nSPS) is 21.0. The first-order chi connectivity index (χ1) is 17.0. The highest BCUT2D eigenvalue weighted by Crippen LogP contribution is 2.38. The standard InChI is InChI=1S/C28H45ClFN3O2/c1-31-19-23(18-21-10-4-3-5-11-21)32-28(34)33-16-9-12-22(20-33)24(13-6-7-17-35-2)25-14-8-15-26(29)27(25)30/h8,14-15,21-24,31H,3-7,9-13,16-20H2,1-2H3,(H,32,34)/t22-,23+,24+/m1/s1. The molecule has 3 atom stereocenters. The zero-order valence-corrected chi connectivity index (χ0v) is 22.4. The van der Waals surface area contributed by atoms with Crippen LogP contribution < -0.4 is 10.6 Å². The van der Waals surface area contributed by atoms with Gasteiger partial charge in [0.1, 0.15) is 5.82 Å². The molecule has 0 aromatic heterocycles. The number of likely N-dealkylation sites (tertiary alicyclic amines) is 1. The highest BCUT2D eigenvalue weighted by molar-refractivity contribution is 6.30. The van der Waals surface area contributed by atoms with Crippen LogP contribution in [0.25, 0.3) is 0 Å². The van der Waals surface area contributed by atoms with Crippen molar-refractivity contribution < 1.29 is 13.9 Å². The maximum Gasteiger partial charge on any atom is 0.317 e. The summed E-state index contributed by atoms with van der Waals surface area (Å²) in [6.45, 7) is 2.90. The van der Waals surface area contributed by atoms with Gasteiger partial charge in [0.15, 0.2) is 0 Å². The second kappa shape index (κ2) is 15.0. The number of urea groups is 1. The Morgan fingerprint density at radius 2 is 2.00 bits per heavy atom. The van der Waals surface area contributed by atoms with Gasteiger partial charge in [-0.1, -0.05) is 62.3 Å². The summed E-state index contributed by atoms with van der Waals surface area (Å²) in [5.41, 5.74) is 0.688. The highest BCUT2D eigenvalue weighted by Gasteiger charge is 2.32. The van der Waals surface area contributed by atoms with Crippen LogP contribution in [0.3, 0.4) is 0 Å². The number of carbonyl (C=O) groups excluding carboxylic acids is 1. The first kappa shape index (κ1) is 28.2. The minimum atomic E-state index is -0.311. The molecule has 1 saturated heterocycles. The van der Waals surface area contributed by atoms with Crippen molar-refractivity contribution in [3.63, 3.8) is 0 Å². The fourth-order valence-electron chi connectivity index (χ4n) is 6.12. The van der Waals surface area contributed by atoms with Crippen molar-refractivity contribution in [2.45, 2.75) is 82.6 Å². The van der Waals surface area contributed by atoms with Crippen molar-refractivity contribution in [1.29, 1.82) is 0 Å². The van der Waals surface area contributed by atoms with E-state index in [0.29, 0.717) is 24.6 Å². The second-order valence-corrected chi connectivity index (χ2v) is 10.9. The number of ether oxygens (including phenoxy) is 1. The Hall–Kier alpha value is -1.37. The molecule has 2 fully saturated rings. The molecule has 0 bridgehead atoms. The number of hydrogen-bond acceptors (Lipinski definition) is 3. The van der Waals surface area contributed by atoms with E-state index in [4.69, 9.17) is 16.3 Å². The third-order valence-electron chi connectivity index (χ3n) is 7.93. The van der Waals surface area contributed by atoms with Gasteiger partial charge in [-0.3, -0.25) is 0 Å². The van der Waals surface area contributed by atoms with E-state index in [1.807, 2.05) is 24.1 Å². The van der Waals surface area contributed by atoms with Crippen molar-refractivity contribution in [2.24, 2.45) is 11.8 Å². The number of unbranched alkanes of at least 4 members (excludes halogenated alkanes) is 1. The topological polar surface area (TPSA) is 53.6 Å². The fourth-order valence-corrected chi connectivity index (χ4v) is 6.30. The second-order valence-electron chi connectivity index (χ2n) is 10.5. The van der Waals surface area contributed by atoms with Gasteiger partial charge in [0.2, 0.25) is 0 Å². The third kappa shape index (κ3) is 8.61. The minimum Gasteiger partial charge on any atom is -0.385 e.